The van der Waals surface area contributed by atoms with E-state index in [2.05, 4.69) is 38.6 Å². The van der Waals surface area contributed by atoms with Gasteiger partial charge in [0.1, 0.15) is 16.9 Å². The van der Waals surface area contributed by atoms with Crippen molar-refractivity contribution in [3.05, 3.63) is 48.7 Å². The highest BCUT2D eigenvalue weighted by Crippen LogP contribution is 2.39. The van der Waals surface area contributed by atoms with E-state index in [4.69, 9.17) is 4.74 Å². The van der Waals surface area contributed by atoms with Gasteiger partial charge in [-0.2, -0.15) is 0 Å². The van der Waals surface area contributed by atoms with E-state index >= 15 is 0 Å². The fourth-order valence-electron chi connectivity index (χ4n) is 9.43. The average molecular weight is 836 g/mol. The number of benzene rings is 2. The van der Waals surface area contributed by atoms with Gasteiger partial charge in [-0.1, -0.05) is 90.4 Å². The van der Waals surface area contributed by atoms with Gasteiger partial charge < -0.3 is 24.0 Å². The smallest absolute Gasteiger partial charge is 0.210 e. The molecule has 322 valence electrons. The molecular weight excluding hydrogens is 763 g/mol. The lowest BCUT2D eigenvalue weighted by Crippen LogP contribution is -2.54. The summed E-state index contributed by atoms with van der Waals surface area (Å²) in [5, 5.41) is 0.744. The molecule has 3 saturated heterocycles. The van der Waals surface area contributed by atoms with Gasteiger partial charge in [-0.15, -0.1) is 0 Å². The number of anilines is 1. The SMILES string of the molecule is CCCCCCCCCCCCCCCCOc1ccc(S(=O)(=O)c2cnc3ccc([S+](C)[O-])cc3c2N2CCC(N3CCC(N4CCN(C)CC4)CC3)CC2)cc1. The summed E-state index contributed by atoms with van der Waals surface area (Å²) in [6, 6.07) is 13.7. The molecule has 0 amide bonds. The van der Waals surface area contributed by atoms with Crippen molar-refractivity contribution >= 4 is 37.6 Å². The van der Waals surface area contributed by atoms with Crippen molar-refractivity contribution in [2.45, 2.75) is 149 Å². The first-order chi connectivity index (χ1) is 28.2. The van der Waals surface area contributed by atoms with E-state index in [0.29, 0.717) is 40.5 Å². The highest BCUT2D eigenvalue weighted by Gasteiger charge is 2.34. The fourth-order valence-corrected chi connectivity index (χ4v) is 11.4. The molecule has 3 aromatic rings. The van der Waals surface area contributed by atoms with Crippen molar-refractivity contribution in [3.63, 3.8) is 0 Å². The van der Waals surface area contributed by atoms with E-state index in [0.717, 1.165) is 70.3 Å². The number of aromatic nitrogens is 1. The van der Waals surface area contributed by atoms with Gasteiger partial charge in [-0.05, 0) is 99.8 Å². The van der Waals surface area contributed by atoms with Crippen molar-refractivity contribution in [3.8, 4) is 5.75 Å². The largest absolute Gasteiger partial charge is 0.612 e. The van der Waals surface area contributed by atoms with Gasteiger partial charge in [0, 0.05) is 69.0 Å². The third-order valence-corrected chi connectivity index (χ3v) is 15.8. The Morgan fingerprint density at radius 3 is 1.81 bits per heavy atom. The zero-order valence-electron chi connectivity index (χ0n) is 36.1. The minimum atomic E-state index is -3.92. The molecule has 0 bridgehead atoms. The molecule has 58 heavy (non-hydrogen) atoms. The maximum Gasteiger partial charge on any atom is 0.210 e. The van der Waals surface area contributed by atoms with Crippen LogP contribution in [0.4, 0.5) is 5.69 Å². The number of nitrogens with zero attached hydrogens (tertiary/aromatic N) is 5. The summed E-state index contributed by atoms with van der Waals surface area (Å²) in [6.07, 6.45) is 26.1. The summed E-state index contributed by atoms with van der Waals surface area (Å²) >= 11 is -1.21. The molecule has 0 radical (unpaired) electrons. The molecule has 0 aliphatic carbocycles. The van der Waals surface area contributed by atoms with E-state index in [-0.39, 0.29) is 9.79 Å². The van der Waals surface area contributed by atoms with Gasteiger partial charge in [0.05, 0.1) is 22.7 Å². The second-order valence-corrected chi connectivity index (χ2v) is 20.6. The Labute approximate surface area is 354 Å². The zero-order chi connectivity index (χ0) is 40.7. The Morgan fingerprint density at radius 2 is 1.24 bits per heavy atom. The van der Waals surface area contributed by atoms with Gasteiger partial charge in [0.25, 0.3) is 0 Å². The monoisotopic (exact) mass is 836 g/mol. The van der Waals surface area contributed by atoms with Crippen molar-refractivity contribution in [1.82, 2.24) is 19.7 Å². The van der Waals surface area contributed by atoms with Crippen molar-refractivity contribution in [2.75, 3.05) is 77.2 Å². The van der Waals surface area contributed by atoms with Crippen LogP contribution in [-0.4, -0.2) is 117 Å². The van der Waals surface area contributed by atoms with E-state index in [9.17, 15) is 13.0 Å². The number of hydrogen-bond donors (Lipinski definition) is 0. The van der Waals surface area contributed by atoms with Gasteiger partial charge in [-0.25, -0.2) is 8.42 Å². The minimum Gasteiger partial charge on any atom is -0.612 e. The van der Waals surface area contributed by atoms with Gasteiger partial charge >= 0.3 is 0 Å². The van der Waals surface area contributed by atoms with Gasteiger partial charge in [0.15, 0.2) is 4.90 Å². The molecular formula is C47H73N5O4S2. The second kappa shape index (κ2) is 23.0. The van der Waals surface area contributed by atoms with Crippen LogP contribution in [-0.2, 0) is 21.0 Å². The second-order valence-electron chi connectivity index (χ2n) is 17.3. The fraction of sp³-hybridized carbons (Fsp3) is 0.681. The maximum absolute atomic E-state index is 14.5. The first kappa shape index (κ1) is 45.1. The number of fused-ring (bicyclic) bond motifs is 1. The van der Waals surface area contributed by atoms with Crippen LogP contribution in [0.15, 0.2) is 63.3 Å². The van der Waals surface area contributed by atoms with Crippen LogP contribution in [0.2, 0.25) is 0 Å². The topological polar surface area (TPSA) is 92.3 Å². The normalized spacial score (nSPS) is 18.9. The molecule has 0 saturated carbocycles. The highest BCUT2D eigenvalue weighted by atomic mass is 32.2. The van der Waals surface area contributed by atoms with Crippen molar-refractivity contribution < 1.29 is 17.7 Å². The quantitative estimate of drug-likeness (QED) is 0.0726. The average Bonchev–Trinajstić information content (AvgIpc) is 3.25. The molecule has 6 rings (SSSR count). The van der Waals surface area contributed by atoms with Crippen LogP contribution in [0.25, 0.3) is 10.9 Å². The third kappa shape index (κ3) is 12.6. The minimum absolute atomic E-state index is 0.210. The van der Waals surface area contributed by atoms with Crippen LogP contribution in [0.3, 0.4) is 0 Å². The number of likely N-dealkylation sites (tertiary alicyclic amines) is 1. The van der Waals surface area contributed by atoms with Crippen LogP contribution >= 0.6 is 0 Å². The maximum atomic E-state index is 14.5. The number of hydrogen-bond acceptors (Lipinski definition) is 9. The first-order valence-corrected chi connectivity index (χ1v) is 25.9. The summed E-state index contributed by atoms with van der Waals surface area (Å²) < 4.78 is 47.6. The zero-order valence-corrected chi connectivity index (χ0v) is 37.7. The number of pyridine rings is 1. The standard InChI is InChI=1S/C47H73N5O4S2/c1-4-5-6-7-8-9-10-11-12-13-14-15-16-17-36-56-41-18-21-43(22-19-41)58(54,55)46-38-48-45-23-20-42(57(3)53)37-44(45)47(46)52-30-26-39(27-31-52)50-28-24-40(25-29-50)51-34-32-49(2)33-35-51/h18-23,37-40H,4-17,24-36H2,1-3H3. The predicted molar refractivity (Wildman–Crippen MR) is 241 cm³/mol. The van der Waals surface area contributed by atoms with Gasteiger partial charge in [0.2, 0.25) is 9.84 Å². The number of piperidine rings is 2. The Kier molecular flexibility index (Phi) is 17.9. The third-order valence-electron chi connectivity index (χ3n) is 13.1. The molecule has 11 heteroatoms. The Balaban J connectivity index is 1.02. The van der Waals surface area contributed by atoms with Crippen molar-refractivity contribution in [2.24, 2.45) is 0 Å². The van der Waals surface area contributed by atoms with E-state index < -0.39 is 21.0 Å². The number of unbranched alkanes of at least 4 members (excludes halogenated alkanes) is 13. The summed E-state index contributed by atoms with van der Waals surface area (Å²) in [4.78, 5) is 15.8. The molecule has 0 N–H and O–H groups in total. The molecule has 1 unspecified atom stereocenters. The molecule has 3 aliphatic heterocycles. The predicted octanol–water partition coefficient (Wildman–Crippen LogP) is 9.35. The van der Waals surface area contributed by atoms with Crippen molar-refractivity contribution in [1.29, 1.82) is 0 Å². The lowest BCUT2D eigenvalue weighted by atomic mass is 9.96. The molecule has 3 aliphatic rings. The van der Waals surface area contributed by atoms with E-state index in [1.54, 1.807) is 30.5 Å². The molecule has 2 aromatic carbocycles. The van der Waals surface area contributed by atoms with E-state index in [1.165, 1.54) is 109 Å². The van der Waals surface area contributed by atoms with Gasteiger partial charge in [-0.3, -0.25) is 9.88 Å². The summed E-state index contributed by atoms with van der Waals surface area (Å²) in [6.45, 7) is 11.4. The lowest BCUT2D eigenvalue weighted by Gasteiger charge is -2.46. The molecule has 4 heterocycles. The number of piperazine rings is 1. The number of ether oxygens (including phenoxy) is 1. The molecule has 1 aromatic heterocycles. The first-order valence-electron chi connectivity index (χ1n) is 22.9. The van der Waals surface area contributed by atoms with Crippen LogP contribution < -0.4 is 9.64 Å². The lowest BCUT2D eigenvalue weighted by molar-refractivity contribution is 0.0495. The Bertz CT molecular complexity index is 1770. The van der Waals surface area contributed by atoms with E-state index in [1.807, 2.05) is 18.2 Å². The molecule has 0 spiro atoms. The summed E-state index contributed by atoms with van der Waals surface area (Å²) in [5.74, 6) is 0.690. The number of sulfone groups is 1. The molecule has 1 atom stereocenters. The molecule has 3 fully saturated rings. The van der Waals surface area contributed by atoms with Crippen LogP contribution in [0.1, 0.15) is 122 Å². The Hall–Kier alpha value is -2.41. The number of rotatable bonds is 22. The van der Waals surface area contributed by atoms with Crippen LogP contribution in [0, 0.1) is 0 Å². The summed E-state index contributed by atoms with van der Waals surface area (Å²) in [7, 11) is -1.70. The highest BCUT2D eigenvalue weighted by molar-refractivity contribution is 7.91. The summed E-state index contributed by atoms with van der Waals surface area (Å²) in [5.41, 5.74) is 1.39. The number of likely N-dealkylation sites (N-methyl/N-ethyl adjacent to an activating group) is 1. The molecule has 9 nitrogen and oxygen atoms in total. The van der Waals surface area contributed by atoms with Crippen LogP contribution in [0.5, 0.6) is 5.75 Å². The Morgan fingerprint density at radius 1 is 0.707 bits per heavy atom.